The van der Waals surface area contributed by atoms with E-state index in [0.717, 1.165) is 23.5 Å². The van der Waals surface area contributed by atoms with E-state index >= 15 is 0 Å². The average molecular weight is 299 g/mol. The van der Waals surface area contributed by atoms with Crippen molar-refractivity contribution in [2.75, 3.05) is 5.75 Å². The van der Waals surface area contributed by atoms with Gasteiger partial charge in [0.1, 0.15) is 0 Å². The van der Waals surface area contributed by atoms with Crippen LogP contribution in [0.15, 0.2) is 47.6 Å². The van der Waals surface area contributed by atoms with Gasteiger partial charge in [0.15, 0.2) is 0 Å². The van der Waals surface area contributed by atoms with E-state index in [2.05, 4.69) is 33.8 Å². The third-order valence-corrected chi connectivity index (χ3v) is 4.42. The lowest BCUT2D eigenvalue weighted by atomic mass is 10.1. The summed E-state index contributed by atoms with van der Waals surface area (Å²) in [6, 6.07) is 10.2. The lowest BCUT2D eigenvalue weighted by Gasteiger charge is -2.07. The summed E-state index contributed by atoms with van der Waals surface area (Å²) in [4.78, 5) is 16.9. The fraction of sp³-hybridized carbons (Fsp3) is 0.250. The number of nitrogens with one attached hydrogen (secondary N) is 2. The molecule has 2 N–H and O–H groups in total. The Morgan fingerprint density at radius 3 is 2.86 bits per heavy atom. The molecule has 21 heavy (non-hydrogen) atoms. The van der Waals surface area contributed by atoms with Gasteiger partial charge in [-0.1, -0.05) is 18.2 Å². The van der Waals surface area contributed by atoms with Gasteiger partial charge in [-0.05, 0) is 28.8 Å². The summed E-state index contributed by atoms with van der Waals surface area (Å²) in [6.07, 6.45) is 3.47. The van der Waals surface area contributed by atoms with E-state index in [9.17, 15) is 4.79 Å². The minimum atomic E-state index is 0.0513. The molecule has 0 radical (unpaired) electrons. The molecule has 0 saturated heterocycles. The molecule has 3 rings (SSSR count). The zero-order chi connectivity index (χ0) is 14.5. The van der Waals surface area contributed by atoms with E-state index in [1.807, 2.05) is 12.1 Å². The number of rotatable bonds is 5. The Morgan fingerprint density at radius 1 is 1.19 bits per heavy atom. The molecular formula is C16H17N3OS. The summed E-state index contributed by atoms with van der Waals surface area (Å²) in [5, 5.41) is 6.29. The zero-order valence-corrected chi connectivity index (χ0v) is 12.5. The number of carbonyl (C=O) groups excluding carboxylic acids is 1. The molecule has 108 valence electrons. The second kappa shape index (κ2) is 6.74. The van der Waals surface area contributed by atoms with Crippen LogP contribution in [0.1, 0.15) is 16.7 Å². The predicted octanol–water partition coefficient (Wildman–Crippen LogP) is 2.09. The van der Waals surface area contributed by atoms with Gasteiger partial charge < -0.3 is 10.6 Å². The SMILES string of the molecule is O=C(CSc1ccncc1)NCc1ccc2c(c1)CNC2. The number of benzene rings is 1. The lowest BCUT2D eigenvalue weighted by molar-refractivity contribution is -0.118. The van der Waals surface area contributed by atoms with Crippen LogP contribution in [0.4, 0.5) is 0 Å². The van der Waals surface area contributed by atoms with Crippen LogP contribution in [0, 0.1) is 0 Å². The fourth-order valence-corrected chi connectivity index (χ4v) is 3.01. The average Bonchev–Trinajstić information content (AvgIpc) is 2.99. The van der Waals surface area contributed by atoms with Gasteiger partial charge in [-0.15, -0.1) is 11.8 Å². The molecule has 2 heterocycles. The topological polar surface area (TPSA) is 54.0 Å². The maximum atomic E-state index is 11.9. The molecule has 0 aliphatic carbocycles. The Kier molecular flexibility index (Phi) is 4.52. The highest BCUT2D eigenvalue weighted by Crippen LogP contribution is 2.17. The maximum absolute atomic E-state index is 11.9. The van der Waals surface area contributed by atoms with Crippen LogP contribution in [0.3, 0.4) is 0 Å². The van der Waals surface area contributed by atoms with Crippen molar-refractivity contribution in [3.8, 4) is 0 Å². The number of thioether (sulfide) groups is 1. The van der Waals surface area contributed by atoms with Gasteiger partial charge in [-0.2, -0.15) is 0 Å². The Hall–Kier alpha value is -1.85. The van der Waals surface area contributed by atoms with Crippen molar-refractivity contribution in [2.45, 2.75) is 24.5 Å². The normalized spacial score (nSPS) is 13.0. The monoisotopic (exact) mass is 299 g/mol. The van der Waals surface area contributed by atoms with Crippen LogP contribution in [-0.2, 0) is 24.4 Å². The first-order chi connectivity index (χ1) is 10.3. The van der Waals surface area contributed by atoms with E-state index in [0.29, 0.717) is 12.3 Å². The van der Waals surface area contributed by atoms with E-state index in [4.69, 9.17) is 0 Å². The molecule has 1 amide bonds. The molecule has 4 nitrogen and oxygen atoms in total. The van der Waals surface area contributed by atoms with Crippen molar-refractivity contribution in [1.82, 2.24) is 15.6 Å². The summed E-state index contributed by atoms with van der Waals surface area (Å²) >= 11 is 1.52. The van der Waals surface area contributed by atoms with Crippen LogP contribution in [0.2, 0.25) is 0 Å². The number of hydrogen-bond donors (Lipinski definition) is 2. The summed E-state index contributed by atoms with van der Waals surface area (Å²) in [5.74, 6) is 0.478. The number of aromatic nitrogens is 1. The van der Waals surface area contributed by atoms with Crippen LogP contribution < -0.4 is 10.6 Å². The number of nitrogens with zero attached hydrogens (tertiary/aromatic N) is 1. The standard InChI is InChI=1S/C16H17N3OS/c20-16(11-21-15-3-5-17-6-4-15)19-8-12-1-2-13-9-18-10-14(13)7-12/h1-7,18H,8-11H2,(H,19,20). The largest absolute Gasteiger partial charge is 0.351 e. The molecule has 1 aliphatic heterocycles. The Morgan fingerprint density at radius 2 is 2.00 bits per heavy atom. The second-order valence-electron chi connectivity index (χ2n) is 4.95. The number of carbonyl (C=O) groups is 1. The van der Waals surface area contributed by atoms with Gasteiger partial charge in [-0.25, -0.2) is 0 Å². The smallest absolute Gasteiger partial charge is 0.230 e. The summed E-state index contributed by atoms with van der Waals surface area (Å²) in [5.41, 5.74) is 3.85. The minimum absolute atomic E-state index is 0.0513. The highest BCUT2D eigenvalue weighted by Gasteiger charge is 2.10. The Bertz CT molecular complexity index is 631. The predicted molar refractivity (Wildman–Crippen MR) is 83.8 cm³/mol. The molecule has 1 aromatic carbocycles. The first-order valence-electron chi connectivity index (χ1n) is 6.92. The Labute approximate surface area is 128 Å². The number of hydrogen-bond acceptors (Lipinski definition) is 4. The molecule has 0 atom stereocenters. The fourth-order valence-electron chi connectivity index (χ4n) is 2.29. The minimum Gasteiger partial charge on any atom is -0.351 e. The maximum Gasteiger partial charge on any atom is 0.230 e. The molecule has 0 unspecified atom stereocenters. The van der Waals surface area contributed by atoms with Crippen molar-refractivity contribution < 1.29 is 4.79 Å². The first kappa shape index (κ1) is 14.1. The van der Waals surface area contributed by atoms with Crippen LogP contribution in [-0.4, -0.2) is 16.6 Å². The van der Waals surface area contributed by atoms with Gasteiger partial charge in [0, 0.05) is 36.9 Å². The molecule has 2 aromatic rings. The van der Waals surface area contributed by atoms with Crippen LogP contribution in [0.5, 0.6) is 0 Å². The molecular weight excluding hydrogens is 282 g/mol. The third kappa shape index (κ3) is 3.83. The number of fused-ring (bicyclic) bond motifs is 1. The van der Waals surface area contributed by atoms with Gasteiger partial charge in [0.05, 0.1) is 5.75 Å². The quantitative estimate of drug-likeness (QED) is 0.830. The Balaban J connectivity index is 1.47. The number of amides is 1. The summed E-state index contributed by atoms with van der Waals surface area (Å²) in [7, 11) is 0. The molecule has 0 saturated carbocycles. The third-order valence-electron chi connectivity index (χ3n) is 3.41. The van der Waals surface area contributed by atoms with Gasteiger partial charge in [-0.3, -0.25) is 9.78 Å². The second-order valence-corrected chi connectivity index (χ2v) is 6.00. The van der Waals surface area contributed by atoms with Crippen molar-refractivity contribution in [2.24, 2.45) is 0 Å². The molecule has 0 bridgehead atoms. The van der Waals surface area contributed by atoms with Crippen molar-refractivity contribution in [1.29, 1.82) is 0 Å². The van der Waals surface area contributed by atoms with E-state index in [-0.39, 0.29) is 5.91 Å². The summed E-state index contributed by atoms with van der Waals surface area (Å²) in [6.45, 7) is 2.46. The highest BCUT2D eigenvalue weighted by molar-refractivity contribution is 8.00. The van der Waals surface area contributed by atoms with Crippen LogP contribution >= 0.6 is 11.8 Å². The first-order valence-corrected chi connectivity index (χ1v) is 7.91. The van der Waals surface area contributed by atoms with Crippen molar-refractivity contribution >= 4 is 17.7 Å². The van der Waals surface area contributed by atoms with Gasteiger partial charge in [0.25, 0.3) is 0 Å². The van der Waals surface area contributed by atoms with E-state index < -0.39 is 0 Å². The van der Waals surface area contributed by atoms with Gasteiger partial charge in [0.2, 0.25) is 5.91 Å². The molecule has 1 aliphatic rings. The molecule has 0 spiro atoms. The zero-order valence-electron chi connectivity index (χ0n) is 11.6. The van der Waals surface area contributed by atoms with Crippen LogP contribution in [0.25, 0.3) is 0 Å². The molecule has 0 fully saturated rings. The summed E-state index contributed by atoms with van der Waals surface area (Å²) < 4.78 is 0. The van der Waals surface area contributed by atoms with E-state index in [1.165, 1.54) is 22.9 Å². The van der Waals surface area contributed by atoms with Crippen molar-refractivity contribution in [3.63, 3.8) is 0 Å². The molecule has 5 heteroatoms. The van der Waals surface area contributed by atoms with E-state index in [1.54, 1.807) is 12.4 Å². The molecule has 1 aromatic heterocycles. The number of pyridine rings is 1. The van der Waals surface area contributed by atoms with Crippen molar-refractivity contribution in [3.05, 3.63) is 59.4 Å². The highest BCUT2D eigenvalue weighted by atomic mass is 32.2. The lowest BCUT2D eigenvalue weighted by Crippen LogP contribution is -2.24. The van der Waals surface area contributed by atoms with Gasteiger partial charge >= 0.3 is 0 Å².